The largest absolute Gasteiger partial charge is 0.356 e. The van der Waals surface area contributed by atoms with E-state index in [9.17, 15) is 8.42 Å². The van der Waals surface area contributed by atoms with Gasteiger partial charge in [-0.1, -0.05) is 0 Å². The summed E-state index contributed by atoms with van der Waals surface area (Å²) < 4.78 is 22.0. The zero-order chi connectivity index (χ0) is 14.9. The fourth-order valence-corrected chi connectivity index (χ4v) is 3.54. The molecule has 0 aromatic carbocycles. The van der Waals surface area contributed by atoms with Crippen molar-refractivity contribution in [2.24, 2.45) is 11.1 Å². The molecule has 0 amide bonds. The Morgan fingerprint density at radius 2 is 2.10 bits per heavy atom. The fraction of sp³-hybridized carbons (Fsp3) is 0.538. The van der Waals surface area contributed by atoms with Crippen LogP contribution >= 0.6 is 0 Å². The van der Waals surface area contributed by atoms with Crippen LogP contribution < -0.4 is 10.0 Å². The number of primary sulfonamides is 1. The Morgan fingerprint density at radius 3 is 2.81 bits per heavy atom. The van der Waals surface area contributed by atoms with Crippen molar-refractivity contribution in [3.63, 3.8) is 0 Å². The van der Waals surface area contributed by atoms with Crippen LogP contribution in [0, 0.1) is 5.92 Å². The molecule has 21 heavy (non-hydrogen) atoms. The highest BCUT2D eigenvalue weighted by molar-refractivity contribution is 7.89. The molecular formula is C13H19N5O2S. The minimum absolute atomic E-state index is 0.0766. The first-order chi connectivity index (χ1) is 10.0. The van der Waals surface area contributed by atoms with Gasteiger partial charge in [-0.05, 0) is 31.2 Å². The molecule has 0 radical (unpaired) electrons. The van der Waals surface area contributed by atoms with Gasteiger partial charge in [-0.2, -0.15) is 0 Å². The number of anilines is 1. The molecular weight excluding hydrogens is 290 g/mol. The van der Waals surface area contributed by atoms with Gasteiger partial charge in [0.2, 0.25) is 10.0 Å². The number of nitrogens with zero attached hydrogens (tertiary/aromatic N) is 3. The summed E-state index contributed by atoms with van der Waals surface area (Å²) in [5, 5.41) is 6.09. The van der Waals surface area contributed by atoms with Crippen LogP contribution in [0.4, 0.5) is 5.82 Å². The van der Waals surface area contributed by atoms with Crippen molar-refractivity contribution in [2.45, 2.75) is 19.3 Å². The predicted molar refractivity (Wildman–Crippen MR) is 81.4 cm³/mol. The summed E-state index contributed by atoms with van der Waals surface area (Å²) in [6.45, 7) is 1.76. The Kier molecular flexibility index (Phi) is 3.81. The van der Waals surface area contributed by atoms with E-state index < -0.39 is 10.0 Å². The maximum absolute atomic E-state index is 11.0. The lowest BCUT2D eigenvalue weighted by Crippen LogP contribution is -2.35. The first-order valence-electron chi connectivity index (χ1n) is 7.06. The smallest absolute Gasteiger partial charge is 0.209 e. The Morgan fingerprint density at radius 1 is 1.33 bits per heavy atom. The van der Waals surface area contributed by atoms with E-state index in [1.54, 1.807) is 6.33 Å². The van der Waals surface area contributed by atoms with Gasteiger partial charge >= 0.3 is 0 Å². The first kappa shape index (κ1) is 14.3. The van der Waals surface area contributed by atoms with E-state index in [0.717, 1.165) is 42.8 Å². The van der Waals surface area contributed by atoms with E-state index in [4.69, 9.17) is 5.14 Å². The van der Waals surface area contributed by atoms with Crippen LogP contribution in [-0.2, 0) is 10.0 Å². The molecule has 0 spiro atoms. The molecule has 8 heteroatoms. The monoisotopic (exact) mass is 309 g/mol. The number of aromatic nitrogens is 3. The van der Waals surface area contributed by atoms with Crippen molar-refractivity contribution in [3.05, 3.63) is 18.6 Å². The summed E-state index contributed by atoms with van der Waals surface area (Å²) in [7, 11) is -3.35. The lowest BCUT2D eigenvalue weighted by molar-refractivity contribution is 0.394. The number of sulfonamides is 1. The van der Waals surface area contributed by atoms with Gasteiger partial charge < -0.3 is 9.88 Å². The van der Waals surface area contributed by atoms with E-state index in [1.807, 2.05) is 12.3 Å². The summed E-state index contributed by atoms with van der Waals surface area (Å²) in [6, 6.07) is 1.98. The summed E-state index contributed by atoms with van der Waals surface area (Å²) in [4.78, 5) is 13.9. The quantitative estimate of drug-likeness (QED) is 0.871. The van der Waals surface area contributed by atoms with Crippen LogP contribution in [0.5, 0.6) is 0 Å². The SMILES string of the molecule is NS(=O)(=O)CCC1CCN(c2ncnc3[nH]ccc23)CC1. The van der Waals surface area contributed by atoms with E-state index >= 15 is 0 Å². The first-order valence-corrected chi connectivity index (χ1v) is 8.78. The van der Waals surface area contributed by atoms with Gasteiger partial charge in [0.25, 0.3) is 0 Å². The number of aromatic amines is 1. The Hall–Kier alpha value is -1.67. The molecule has 1 aliphatic rings. The van der Waals surface area contributed by atoms with Crippen LogP contribution in [0.3, 0.4) is 0 Å². The zero-order valence-corrected chi connectivity index (χ0v) is 12.5. The van der Waals surface area contributed by atoms with E-state index in [1.165, 1.54) is 0 Å². The summed E-state index contributed by atoms with van der Waals surface area (Å²) in [6.07, 6.45) is 6.01. The molecule has 114 valence electrons. The molecule has 0 atom stereocenters. The second-order valence-corrected chi connectivity index (χ2v) is 7.26. The number of fused-ring (bicyclic) bond motifs is 1. The Bertz CT molecular complexity index is 719. The molecule has 0 aliphatic carbocycles. The number of H-pyrrole nitrogens is 1. The highest BCUT2D eigenvalue weighted by Crippen LogP contribution is 2.28. The lowest BCUT2D eigenvalue weighted by atomic mass is 9.94. The van der Waals surface area contributed by atoms with Crippen LogP contribution in [-0.4, -0.2) is 42.2 Å². The van der Waals surface area contributed by atoms with Crippen LogP contribution in [0.2, 0.25) is 0 Å². The van der Waals surface area contributed by atoms with Gasteiger partial charge in [0, 0.05) is 19.3 Å². The van der Waals surface area contributed by atoms with Crippen molar-refractivity contribution in [1.82, 2.24) is 15.0 Å². The molecule has 0 saturated carbocycles. The summed E-state index contributed by atoms with van der Waals surface area (Å²) in [5.74, 6) is 1.45. The molecule has 1 fully saturated rings. The Balaban J connectivity index is 1.65. The molecule has 1 saturated heterocycles. The van der Waals surface area contributed by atoms with Crippen molar-refractivity contribution in [2.75, 3.05) is 23.7 Å². The maximum Gasteiger partial charge on any atom is 0.209 e. The number of rotatable bonds is 4. The van der Waals surface area contributed by atoms with Crippen LogP contribution in [0.15, 0.2) is 18.6 Å². The molecule has 0 bridgehead atoms. The lowest BCUT2D eigenvalue weighted by Gasteiger charge is -2.32. The minimum atomic E-state index is -3.35. The van der Waals surface area contributed by atoms with Gasteiger partial charge in [-0.3, -0.25) is 0 Å². The zero-order valence-electron chi connectivity index (χ0n) is 11.7. The van der Waals surface area contributed by atoms with Gasteiger partial charge in [0.1, 0.15) is 17.8 Å². The molecule has 2 aromatic rings. The van der Waals surface area contributed by atoms with Crippen molar-refractivity contribution >= 4 is 26.9 Å². The molecule has 2 aromatic heterocycles. The third-order valence-corrected chi connectivity index (χ3v) is 4.86. The second kappa shape index (κ2) is 5.61. The third-order valence-electron chi connectivity index (χ3n) is 4.06. The van der Waals surface area contributed by atoms with Crippen molar-refractivity contribution in [3.8, 4) is 0 Å². The Labute approximate surface area is 123 Å². The number of nitrogens with two attached hydrogens (primary N) is 1. The third kappa shape index (κ3) is 3.33. The molecule has 3 heterocycles. The fourth-order valence-electron chi connectivity index (χ4n) is 2.88. The van der Waals surface area contributed by atoms with Crippen molar-refractivity contribution in [1.29, 1.82) is 0 Å². The van der Waals surface area contributed by atoms with Gasteiger partial charge in [-0.25, -0.2) is 23.5 Å². The normalized spacial score (nSPS) is 17.5. The summed E-state index contributed by atoms with van der Waals surface area (Å²) in [5.41, 5.74) is 0.844. The van der Waals surface area contributed by atoms with Crippen LogP contribution in [0.25, 0.3) is 11.0 Å². The summed E-state index contributed by atoms with van der Waals surface area (Å²) >= 11 is 0. The molecule has 1 aliphatic heterocycles. The topological polar surface area (TPSA) is 105 Å². The molecule has 3 rings (SSSR count). The van der Waals surface area contributed by atoms with E-state index in [2.05, 4.69) is 19.9 Å². The number of hydrogen-bond acceptors (Lipinski definition) is 5. The highest BCUT2D eigenvalue weighted by atomic mass is 32.2. The van der Waals surface area contributed by atoms with Gasteiger partial charge in [0.05, 0.1) is 11.1 Å². The number of piperidine rings is 1. The highest BCUT2D eigenvalue weighted by Gasteiger charge is 2.22. The number of hydrogen-bond donors (Lipinski definition) is 2. The van der Waals surface area contributed by atoms with E-state index in [-0.39, 0.29) is 5.75 Å². The molecule has 0 unspecified atom stereocenters. The average Bonchev–Trinajstić information content (AvgIpc) is 2.93. The average molecular weight is 309 g/mol. The standard InChI is InChI=1S/C13H19N5O2S/c14-21(19,20)8-4-10-2-6-18(7-3-10)13-11-1-5-15-12(11)16-9-17-13/h1,5,9-10H,2-4,6-8H2,(H2,14,19,20)(H,15,16,17). The van der Waals surface area contributed by atoms with Gasteiger partial charge in [-0.15, -0.1) is 0 Å². The van der Waals surface area contributed by atoms with E-state index in [0.29, 0.717) is 12.3 Å². The van der Waals surface area contributed by atoms with Crippen molar-refractivity contribution < 1.29 is 8.42 Å². The minimum Gasteiger partial charge on any atom is -0.356 e. The number of nitrogens with one attached hydrogen (secondary N) is 1. The van der Waals surface area contributed by atoms with Gasteiger partial charge in [0.15, 0.2) is 0 Å². The maximum atomic E-state index is 11.0. The second-order valence-electron chi connectivity index (χ2n) is 5.52. The molecule has 7 nitrogen and oxygen atoms in total. The predicted octanol–water partition coefficient (Wildman–Crippen LogP) is 0.853. The van der Waals surface area contributed by atoms with Crippen LogP contribution in [0.1, 0.15) is 19.3 Å². The molecule has 3 N–H and O–H groups in total.